The number of hydrogen-bond donors (Lipinski definition) is 0. The fourth-order valence-electron chi connectivity index (χ4n) is 2.08. The molecule has 0 N–H and O–H groups in total. The number of methoxy groups -OCH3 is 2. The molecule has 0 fully saturated rings. The van der Waals surface area contributed by atoms with Crippen molar-refractivity contribution in [1.29, 1.82) is 0 Å². The van der Waals surface area contributed by atoms with Gasteiger partial charge in [-0.25, -0.2) is 8.42 Å². The zero-order chi connectivity index (χ0) is 17.6. The van der Waals surface area contributed by atoms with Gasteiger partial charge in [-0.1, -0.05) is 18.2 Å². The SMILES string of the molecule is COc1ccc(OC)c(S(=O)(=O)N(C)CCOc2ccccc2)c1. The lowest BCUT2D eigenvalue weighted by molar-refractivity contribution is 0.286. The number of ether oxygens (including phenoxy) is 3. The van der Waals surface area contributed by atoms with Gasteiger partial charge in [0, 0.05) is 19.7 Å². The molecule has 6 nitrogen and oxygen atoms in total. The molecule has 0 amide bonds. The van der Waals surface area contributed by atoms with E-state index in [9.17, 15) is 8.42 Å². The molecular weight excluding hydrogens is 330 g/mol. The number of rotatable bonds is 8. The van der Waals surface area contributed by atoms with E-state index in [2.05, 4.69) is 0 Å². The quantitative estimate of drug-likeness (QED) is 0.731. The molecule has 0 saturated carbocycles. The smallest absolute Gasteiger partial charge is 0.246 e. The van der Waals surface area contributed by atoms with Crippen LogP contribution in [-0.4, -0.2) is 47.1 Å². The summed E-state index contributed by atoms with van der Waals surface area (Å²) in [6.07, 6.45) is 0. The number of sulfonamides is 1. The van der Waals surface area contributed by atoms with Gasteiger partial charge in [-0.05, 0) is 24.3 Å². The van der Waals surface area contributed by atoms with Crippen molar-refractivity contribution in [3.63, 3.8) is 0 Å². The largest absolute Gasteiger partial charge is 0.497 e. The lowest BCUT2D eigenvalue weighted by atomic mass is 10.3. The minimum absolute atomic E-state index is 0.0616. The van der Waals surface area contributed by atoms with Gasteiger partial charge in [0.15, 0.2) is 0 Å². The number of para-hydroxylation sites is 1. The Morgan fingerprint density at radius 2 is 1.67 bits per heavy atom. The van der Waals surface area contributed by atoms with Crippen LogP contribution in [0.1, 0.15) is 0 Å². The lowest BCUT2D eigenvalue weighted by Crippen LogP contribution is -2.31. The van der Waals surface area contributed by atoms with Crippen molar-refractivity contribution in [1.82, 2.24) is 4.31 Å². The first-order valence-electron chi connectivity index (χ1n) is 7.35. The van der Waals surface area contributed by atoms with Gasteiger partial charge >= 0.3 is 0 Å². The Morgan fingerprint density at radius 3 is 2.29 bits per heavy atom. The van der Waals surface area contributed by atoms with Gasteiger partial charge in [0.05, 0.1) is 14.2 Å². The van der Waals surface area contributed by atoms with Crippen LogP contribution in [-0.2, 0) is 10.0 Å². The average Bonchev–Trinajstić information content (AvgIpc) is 2.61. The molecule has 0 heterocycles. The van der Waals surface area contributed by atoms with Crippen LogP contribution < -0.4 is 14.2 Å². The molecule has 0 aromatic heterocycles. The molecule has 7 heteroatoms. The minimum atomic E-state index is -3.72. The Hall–Kier alpha value is -2.25. The van der Waals surface area contributed by atoms with Crippen LogP contribution in [0.25, 0.3) is 0 Å². The van der Waals surface area contributed by atoms with Crippen molar-refractivity contribution < 1.29 is 22.6 Å². The van der Waals surface area contributed by atoms with E-state index in [0.29, 0.717) is 11.5 Å². The molecule has 130 valence electrons. The predicted octanol–water partition coefficient (Wildman–Crippen LogP) is 2.40. The minimum Gasteiger partial charge on any atom is -0.497 e. The molecule has 0 radical (unpaired) electrons. The number of benzene rings is 2. The first-order valence-corrected chi connectivity index (χ1v) is 8.79. The summed E-state index contributed by atoms with van der Waals surface area (Å²) >= 11 is 0. The van der Waals surface area contributed by atoms with Gasteiger partial charge in [-0.2, -0.15) is 4.31 Å². The second-order valence-corrected chi connectivity index (χ2v) is 7.02. The molecular formula is C17H21NO5S. The Morgan fingerprint density at radius 1 is 0.958 bits per heavy atom. The fourth-order valence-corrected chi connectivity index (χ4v) is 3.40. The molecule has 0 unspecified atom stereocenters. The molecule has 24 heavy (non-hydrogen) atoms. The molecule has 0 aliphatic rings. The molecule has 0 bridgehead atoms. The van der Waals surface area contributed by atoms with E-state index >= 15 is 0 Å². The normalized spacial score (nSPS) is 11.3. The van der Waals surface area contributed by atoms with E-state index in [4.69, 9.17) is 14.2 Å². The van der Waals surface area contributed by atoms with Crippen molar-refractivity contribution in [3.8, 4) is 17.2 Å². The van der Waals surface area contributed by atoms with Gasteiger partial charge in [0.25, 0.3) is 0 Å². The third kappa shape index (κ3) is 4.18. The Labute approximate surface area is 142 Å². The second kappa shape index (κ2) is 8.03. The summed E-state index contributed by atoms with van der Waals surface area (Å²) in [6, 6.07) is 13.9. The van der Waals surface area contributed by atoms with E-state index in [1.807, 2.05) is 30.3 Å². The van der Waals surface area contributed by atoms with E-state index in [1.165, 1.54) is 31.6 Å². The molecule has 2 aromatic carbocycles. The van der Waals surface area contributed by atoms with Crippen LogP contribution in [0.3, 0.4) is 0 Å². The maximum atomic E-state index is 12.8. The second-order valence-electron chi connectivity index (χ2n) is 5.00. The number of nitrogens with zero attached hydrogens (tertiary/aromatic N) is 1. The zero-order valence-electron chi connectivity index (χ0n) is 13.9. The van der Waals surface area contributed by atoms with Crippen molar-refractivity contribution >= 4 is 10.0 Å². The highest BCUT2D eigenvalue weighted by molar-refractivity contribution is 7.89. The topological polar surface area (TPSA) is 65.1 Å². The zero-order valence-corrected chi connectivity index (χ0v) is 14.7. The summed E-state index contributed by atoms with van der Waals surface area (Å²) in [5.74, 6) is 1.41. The summed E-state index contributed by atoms with van der Waals surface area (Å²) in [5.41, 5.74) is 0. The Kier molecular flexibility index (Phi) is 6.05. The third-order valence-electron chi connectivity index (χ3n) is 3.48. The summed E-state index contributed by atoms with van der Waals surface area (Å²) in [4.78, 5) is 0.0616. The summed E-state index contributed by atoms with van der Waals surface area (Å²) < 4.78 is 42.6. The predicted molar refractivity (Wildman–Crippen MR) is 91.3 cm³/mol. The molecule has 0 aliphatic heterocycles. The van der Waals surface area contributed by atoms with Crippen LogP contribution in [0.2, 0.25) is 0 Å². The Bertz CT molecular complexity index is 762. The van der Waals surface area contributed by atoms with Crippen LogP contribution >= 0.6 is 0 Å². The van der Waals surface area contributed by atoms with E-state index in [0.717, 1.165) is 0 Å². The van der Waals surface area contributed by atoms with Crippen LogP contribution in [0, 0.1) is 0 Å². The standard InChI is InChI=1S/C17H21NO5S/c1-18(11-12-23-14-7-5-4-6-8-14)24(19,20)17-13-15(21-2)9-10-16(17)22-3/h4-10,13H,11-12H2,1-3H3. The van der Waals surface area contributed by atoms with Crippen molar-refractivity contribution in [2.75, 3.05) is 34.4 Å². The highest BCUT2D eigenvalue weighted by Crippen LogP contribution is 2.30. The van der Waals surface area contributed by atoms with Crippen LogP contribution in [0.15, 0.2) is 53.4 Å². The maximum Gasteiger partial charge on any atom is 0.246 e. The highest BCUT2D eigenvalue weighted by atomic mass is 32.2. The summed E-state index contributed by atoms with van der Waals surface area (Å²) in [7, 11) is 0.694. The molecule has 2 aromatic rings. The molecule has 2 rings (SSSR count). The average molecular weight is 351 g/mol. The fraction of sp³-hybridized carbons (Fsp3) is 0.294. The number of likely N-dealkylation sites (N-methyl/N-ethyl adjacent to an activating group) is 1. The highest BCUT2D eigenvalue weighted by Gasteiger charge is 2.25. The van der Waals surface area contributed by atoms with E-state index < -0.39 is 10.0 Å². The van der Waals surface area contributed by atoms with Crippen molar-refractivity contribution in [3.05, 3.63) is 48.5 Å². The first-order chi connectivity index (χ1) is 11.5. The molecule has 0 saturated heterocycles. The van der Waals surface area contributed by atoms with Gasteiger partial charge in [0.2, 0.25) is 10.0 Å². The maximum absolute atomic E-state index is 12.8. The van der Waals surface area contributed by atoms with Crippen molar-refractivity contribution in [2.45, 2.75) is 4.90 Å². The van der Waals surface area contributed by atoms with E-state index in [1.54, 1.807) is 12.1 Å². The van der Waals surface area contributed by atoms with Crippen molar-refractivity contribution in [2.24, 2.45) is 0 Å². The monoisotopic (exact) mass is 351 g/mol. The first kappa shape index (κ1) is 18.1. The molecule has 0 atom stereocenters. The summed E-state index contributed by atoms with van der Waals surface area (Å²) in [6.45, 7) is 0.448. The van der Waals surface area contributed by atoms with E-state index in [-0.39, 0.29) is 23.8 Å². The molecule has 0 aliphatic carbocycles. The van der Waals surface area contributed by atoms with Gasteiger partial charge in [-0.15, -0.1) is 0 Å². The van der Waals surface area contributed by atoms with Gasteiger partial charge in [-0.3, -0.25) is 0 Å². The number of hydrogen-bond acceptors (Lipinski definition) is 5. The Balaban J connectivity index is 2.11. The van der Waals surface area contributed by atoms with Crippen LogP contribution in [0.5, 0.6) is 17.2 Å². The van der Waals surface area contributed by atoms with Crippen LogP contribution in [0.4, 0.5) is 0 Å². The molecule has 0 spiro atoms. The van der Waals surface area contributed by atoms with Gasteiger partial charge in [0.1, 0.15) is 28.8 Å². The van der Waals surface area contributed by atoms with Gasteiger partial charge < -0.3 is 14.2 Å². The lowest BCUT2D eigenvalue weighted by Gasteiger charge is -2.19. The third-order valence-corrected chi connectivity index (χ3v) is 5.36. The summed E-state index contributed by atoms with van der Waals surface area (Å²) in [5, 5.41) is 0.